The van der Waals surface area contributed by atoms with Crippen molar-refractivity contribution in [3.63, 3.8) is 0 Å². The highest BCUT2D eigenvalue weighted by Gasteiger charge is 2.06. The molecular formula is C16H16ClNO2. The van der Waals surface area contributed by atoms with Crippen LogP contribution in [-0.4, -0.2) is 17.6 Å². The van der Waals surface area contributed by atoms with Crippen LogP contribution in [0.1, 0.15) is 28.2 Å². The maximum absolute atomic E-state index is 11.7. The quantitative estimate of drug-likeness (QED) is 0.620. The highest BCUT2D eigenvalue weighted by molar-refractivity contribution is 6.30. The van der Waals surface area contributed by atoms with Gasteiger partial charge in [0.2, 0.25) is 0 Å². The number of ether oxygens (including phenoxy) is 1. The van der Waals surface area contributed by atoms with Gasteiger partial charge in [0.1, 0.15) is 0 Å². The minimum atomic E-state index is -0.320. The molecule has 0 amide bonds. The van der Waals surface area contributed by atoms with E-state index in [9.17, 15) is 4.79 Å². The van der Waals surface area contributed by atoms with Gasteiger partial charge in [-0.2, -0.15) is 0 Å². The Morgan fingerprint density at radius 2 is 1.95 bits per heavy atom. The van der Waals surface area contributed by atoms with Gasteiger partial charge in [-0.15, -0.1) is 0 Å². The fraction of sp³-hybridized carbons (Fsp3) is 0.250. The van der Waals surface area contributed by atoms with E-state index >= 15 is 0 Å². The van der Waals surface area contributed by atoms with Gasteiger partial charge in [0.15, 0.2) is 0 Å². The standard InChI is InChI=1S/C16H16ClNO2/c1-12-4-2-5-15(18-12)6-3-11-20-16(19)13-7-9-14(17)10-8-13/h2,4-5,7-10H,3,6,11H2,1H3. The van der Waals surface area contributed by atoms with Crippen molar-refractivity contribution in [1.82, 2.24) is 4.98 Å². The lowest BCUT2D eigenvalue weighted by molar-refractivity contribution is 0.0500. The average molecular weight is 290 g/mol. The Morgan fingerprint density at radius 3 is 2.65 bits per heavy atom. The first-order valence-corrected chi connectivity index (χ1v) is 6.88. The molecule has 0 N–H and O–H groups in total. The van der Waals surface area contributed by atoms with Gasteiger partial charge in [-0.1, -0.05) is 17.7 Å². The van der Waals surface area contributed by atoms with E-state index in [4.69, 9.17) is 16.3 Å². The summed E-state index contributed by atoms with van der Waals surface area (Å²) in [5, 5.41) is 0.604. The second-order valence-electron chi connectivity index (χ2n) is 4.52. The predicted octanol–water partition coefficient (Wildman–Crippen LogP) is 3.83. The van der Waals surface area contributed by atoms with Crippen molar-refractivity contribution in [2.75, 3.05) is 6.61 Å². The zero-order valence-electron chi connectivity index (χ0n) is 11.3. The molecule has 4 heteroatoms. The summed E-state index contributed by atoms with van der Waals surface area (Å²) in [4.78, 5) is 16.1. The van der Waals surface area contributed by atoms with Crippen LogP contribution < -0.4 is 0 Å². The van der Waals surface area contributed by atoms with E-state index in [-0.39, 0.29) is 5.97 Å². The van der Waals surface area contributed by atoms with Crippen molar-refractivity contribution in [2.45, 2.75) is 19.8 Å². The Hall–Kier alpha value is -1.87. The molecule has 0 aliphatic rings. The molecule has 1 aromatic heterocycles. The van der Waals surface area contributed by atoms with Gasteiger partial charge >= 0.3 is 5.97 Å². The first kappa shape index (κ1) is 14.5. The molecular weight excluding hydrogens is 274 g/mol. The molecule has 0 aliphatic carbocycles. The molecule has 2 rings (SSSR count). The van der Waals surface area contributed by atoms with Crippen LogP contribution in [0, 0.1) is 6.92 Å². The highest BCUT2D eigenvalue weighted by Crippen LogP contribution is 2.10. The lowest BCUT2D eigenvalue weighted by Gasteiger charge is -2.05. The largest absolute Gasteiger partial charge is 0.462 e. The van der Waals surface area contributed by atoms with E-state index in [0.29, 0.717) is 17.2 Å². The SMILES string of the molecule is Cc1cccc(CCCOC(=O)c2ccc(Cl)cc2)n1. The maximum Gasteiger partial charge on any atom is 0.338 e. The first-order chi connectivity index (χ1) is 9.65. The van der Waals surface area contributed by atoms with E-state index in [1.165, 1.54) is 0 Å². The molecule has 0 aliphatic heterocycles. The predicted molar refractivity (Wildman–Crippen MR) is 79.0 cm³/mol. The molecule has 0 fully saturated rings. The van der Waals surface area contributed by atoms with E-state index in [0.717, 1.165) is 24.2 Å². The first-order valence-electron chi connectivity index (χ1n) is 6.50. The third-order valence-corrected chi connectivity index (χ3v) is 3.09. The minimum absolute atomic E-state index is 0.320. The van der Waals surface area contributed by atoms with Gasteiger partial charge in [0.25, 0.3) is 0 Å². The summed E-state index contributed by atoms with van der Waals surface area (Å²) in [5.41, 5.74) is 2.54. The van der Waals surface area contributed by atoms with Crippen LogP contribution in [0.4, 0.5) is 0 Å². The molecule has 0 spiro atoms. The second kappa shape index (κ2) is 7.06. The monoisotopic (exact) mass is 289 g/mol. The van der Waals surface area contributed by atoms with Crippen LogP contribution in [0.5, 0.6) is 0 Å². The Balaban J connectivity index is 1.76. The molecule has 0 saturated carbocycles. The van der Waals surface area contributed by atoms with E-state index < -0.39 is 0 Å². The Kier molecular flexibility index (Phi) is 5.13. The summed E-state index contributed by atoms with van der Waals surface area (Å²) in [6.07, 6.45) is 1.56. The zero-order chi connectivity index (χ0) is 14.4. The number of aryl methyl sites for hydroxylation is 2. The number of hydrogen-bond donors (Lipinski definition) is 0. The van der Waals surface area contributed by atoms with Crippen molar-refractivity contribution in [3.05, 3.63) is 64.4 Å². The lowest BCUT2D eigenvalue weighted by atomic mass is 10.2. The van der Waals surface area contributed by atoms with E-state index in [1.807, 2.05) is 25.1 Å². The number of rotatable bonds is 5. The number of carbonyl (C=O) groups excluding carboxylic acids is 1. The third kappa shape index (κ3) is 4.35. The summed E-state index contributed by atoms with van der Waals surface area (Å²) in [5.74, 6) is -0.320. The van der Waals surface area contributed by atoms with E-state index in [2.05, 4.69) is 4.98 Å². The van der Waals surface area contributed by atoms with Crippen LogP contribution >= 0.6 is 11.6 Å². The number of esters is 1. The number of benzene rings is 1. The molecule has 0 unspecified atom stereocenters. The molecule has 1 aromatic carbocycles. The molecule has 0 atom stereocenters. The van der Waals surface area contributed by atoms with Crippen molar-refractivity contribution < 1.29 is 9.53 Å². The molecule has 0 radical (unpaired) electrons. The molecule has 104 valence electrons. The van der Waals surface area contributed by atoms with Gasteiger partial charge in [0.05, 0.1) is 12.2 Å². The summed E-state index contributed by atoms with van der Waals surface area (Å²) >= 11 is 5.76. The Morgan fingerprint density at radius 1 is 1.20 bits per heavy atom. The highest BCUT2D eigenvalue weighted by atomic mass is 35.5. The van der Waals surface area contributed by atoms with Crippen LogP contribution in [0.15, 0.2) is 42.5 Å². The maximum atomic E-state index is 11.7. The molecule has 3 nitrogen and oxygen atoms in total. The molecule has 0 saturated heterocycles. The zero-order valence-corrected chi connectivity index (χ0v) is 12.1. The smallest absolute Gasteiger partial charge is 0.338 e. The molecule has 2 aromatic rings. The van der Waals surface area contributed by atoms with Gasteiger partial charge in [-0.3, -0.25) is 4.98 Å². The summed E-state index contributed by atoms with van der Waals surface area (Å²) in [7, 11) is 0. The third-order valence-electron chi connectivity index (χ3n) is 2.84. The number of nitrogens with zero attached hydrogens (tertiary/aromatic N) is 1. The number of hydrogen-bond acceptors (Lipinski definition) is 3. The van der Waals surface area contributed by atoms with Crippen LogP contribution in [0.3, 0.4) is 0 Å². The number of carbonyl (C=O) groups is 1. The fourth-order valence-electron chi connectivity index (χ4n) is 1.83. The van der Waals surface area contributed by atoms with Gasteiger partial charge in [-0.05, 0) is 56.2 Å². The number of pyridine rings is 1. The van der Waals surface area contributed by atoms with Gasteiger partial charge < -0.3 is 4.74 Å². The summed E-state index contributed by atoms with van der Waals surface area (Å²) in [6, 6.07) is 12.6. The van der Waals surface area contributed by atoms with Gasteiger partial charge in [0, 0.05) is 16.4 Å². The normalized spacial score (nSPS) is 10.3. The van der Waals surface area contributed by atoms with Crippen LogP contribution in [-0.2, 0) is 11.2 Å². The molecule has 20 heavy (non-hydrogen) atoms. The fourth-order valence-corrected chi connectivity index (χ4v) is 1.95. The number of halogens is 1. The van der Waals surface area contributed by atoms with E-state index in [1.54, 1.807) is 24.3 Å². The van der Waals surface area contributed by atoms with Crippen LogP contribution in [0.2, 0.25) is 5.02 Å². The number of aromatic nitrogens is 1. The van der Waals surface area contributed by atoms with Crippen molar-refractivity contribution in [2.24, 2.45) is 0 Å². The summed E-state index contributed by atoms with van der Waals surface area (Å²) in [6.45, 7) is 2.35. The van der Waals surface area contributed by atoms with Crippen molar-refractivity contribution in [3.8, 4) is 0 Å². The van der Waals surface area contributed by atoms with Gasteiger partial charge in [-0.25, -0.2) is 4.79 Å². The lowest BCUT2D eigenvalue weighted by Crippen LogP contribution is -2.07. The molecule has 0 bridgehead atoms. The van der Waals surface area contributed by atoms with Crippen molar-refractivity contribution in [1.29, 1.82) is 0 Å². The summed E-state index contributed by atoms with van der Waals surface area (Å²) < 4.78 is 5.21. The topological polar surface area (TPSA) is 39.2 Å². The van der Waals surface area contributed by atoms with Crippen LogP contribution in [0.25, 0.3) is 0 Å². The van der Waals surface area contributed by atoms with Crippen molar-refractivity contribution >= 4 is 17.6 Å². The second-order valence-corrected chi connectivity index (χ2v) is 4.95. The molecule has 1 heterocycles. The minimum Gasteiger partial charge on any atom is -0.462 e. The average Bonchev–Trinajstić information content (AvgIpc) is 2.44. The Labute approximate surface area is 123 Å². The Bertz CT molecular complexity index is 581.